The normalized spacial score (nSPS) is 14.9. The van der Waals surface area contributed by atoms with Crippen molar-refractivity contribution in [3.05, 3.63) is 23.1 Å². The highest BCUT2D eigenvalue weighted by molar-refractivity contribution is 7.19. The lowest BCUT2D eigenvalue weighted by atomic mass is 10.2. The summed E-state index contributed by atoms with van der Waals surface area (Å²) in [4.78, 5) is 24.0. The fourth-order valence-electron chi connectivity index (χ4n) is 2.46. The number of carbonyl (C=O) groups excluding carboxylic acids is 2. The molecule has 0 aliphatic heterocycles. The highest BCUT2D eigenvalue weighted by Gasteiger charge is 2.26. The van der Waals surface area contributed by atoms with Crippen molar-refractivity contribution < 1.29 is 9.59 Å². The van der Waals surface area contributed by atoms with Crippen molar-refractivity contribution in [1.29, 1.82) is 0 Å². The molecule has 0 aromatic carbocycles. The molecule has 2 amide bonds. The second-order valence-electron chi connectivity index (χ2n) is 5.04. The first-order valence-electron chi connectivity index (χ1n) is 6.92. The molecule has 0 saturated heterocycles. The van der Waals surface area contributed by atoms with Gasteiger partial charge in [0.2, 0.25) is 0 Å². The molecule has 1 aliphatic rings. The Morgan fingerprint density at radius 1 is 1.38 bits per heavy atom. The van der Waals surface area contributed by atoms with Crippen LogP contribution in [0.1, 0.15) is 45.7 Å². The fraction of sp³-hybridized carbons (Fsp3) is 0.429. The van der Waals surface area contributed by atoms with Crippen molar-refractivity contribution in [3.8, 4) is 0 Å². The molecule has 0 spiro atoms. The minimum absolute atomic E-state index is 0.148. The topological polar surface area (TPSA) is 110 Å². The molecule has 1 aromatic rings. The van der Waals surface area contributed by atoms with Gasteiger partial charge < -0.3 is 22.1 Å². The summed E-state index contributed by atoms with van der Waals surface area (Å²) in [6.07, 6.45) is 6.00. The van der Waals surface area contributed by atoms with Gasteiger partial charge in [-0.2, -0.15) is 0 Å². The predicted molar refractivity (Wildman–Crippen MR) is 85.7 cm³/mol. The fourth-order valence-corrected chi connectivity index (χ4v) is 3.58. The van der Waals surface area contributed by atoms with Gasteiger partial charge in [-0.05, 0) is 12.8 Å². The third kappa shape index (κ3) is 3.36. The Labute approximate surface area is 127 Å². The molecule has 0 bridgehead atoms. The Hall–Kier alpha value is -2.02. The van der Waals surface area contributed by atoms with E-state index < -0.39 is 5.91 Å². The summed E-state index contributed by atoms with van der Waals surface area (Å²) in [5.74, 6) is -0.939. The van der Waals surface area contributed by atoms with Crippen LogP contribution in [0.15, 0.2) is 12.7 Å². The number of nitrogens with two attached hydrogens (primary N) is 2. The Bertz CT molecular complexity index is 562. The second kappa shape index (κ2) is 6.62. The molecule has 6 N–H and O–H groups in total. The van der Waals surface area contributed by atoms with Gasteiger partial charge in [0.15, 0.2) is 0 Å². The summed E-state index contributed by atoms with van der Waals surface area (Å²) in [7, 11) is 0. The smallest absolute Gasteiger partial charge is 0.263 e. The summed E-state index contributed by atoms with van der Waals surface area (Å²) in [6, 6.07) is 0.310. The second-order valence-corrected chi connectivity index (χ2v) is 6.06. The number of amides is 2. The number of rotatable bonds is 6. The summed E-state index contributed by atoms with van der Waals surface area (Å²) >= 11 is 1.18. The van der Waals surface area contributed by atoms with Crippen LogP contribution >= 0.6 is 11.3 Å². The van der Waals surface area contributed by atoms with E-state index in [4.69, 9.17) is 11.5 Å². The van der Waals surface area contributed by atoms with Crippen molar-refractivity contribution >= 4 is 33.8 Å². The molecular formula is C14H20N4O2S. The minimum Gasteiger partial charge on any atom is -0.397 e. The third-order valence-corrected chi connectivity index (χ3v) is 4.63. The van der Waals surface area contributed by atoms with Crippen LogP contribution < -0.4 is 22.1 Å². The standard InChI is InChI=1S/C14H20N4O2S/c1-2-7-17-13(20)11-10(15)9(12(16)19)14(21-11)18-8-5-3-4-6-8/h2,8,18H,1,3-7,15H2,(H2,16,19)(H,17,20). The maximum Gasteiger partial charge on any atom is 0.263 e. The first-order valence-corrected chi connectivity index (χ1v) is 7.74. The van der Waals surface area contributed by atoms with Crippen molar-refractivity contribution in [3.63, 3.8) is 0 Å². The van der Waals surface area contributed by atoms with E-state index in [0.717, 1.165) is 25.7 Å². The molecule has 1 heterocycles. The van der Waals surface area contributed by atoms with Crippen LogP contribution in [0.5, 0.6) is 0 Å². The van der Waals surface area contributed by atoms with Gasteiger partial charge in [-0.3, -0.25) is 9.59 Å². The molecule has 0 atom stereocenters. The van der Waals surface area contributed by atoms with Crippen LogP contribution in [0.4, 0.5) is 10.7 Å². The quantitative estimate of drug-likeness (QED) is 0.599. The summed E-state index contributed by atoms with van der Waals surface area (Å²) < 4.78 is 0. The van der Waals surface area contributed by atoms with E-state index in [1.165, 1.54) is 11.3 Å². The van der Waals surface area contributed by atoms with Crippen molar-refractivity contribution in [2.24, 2.45) is 5.73 Å². The van der Waals surface area contributed by atoms with Gasteiger partial charge in [-0.15, -0.1) is 17.9 Å². The van der Waals surface area contributed by atoms with Gasteiger partial charge in [0.1, 0.15) is 9.88 Å². The molecule has 21 heavy (non-hydrogen) atoms. The predicted octanol–water partition coefficient (Wildman–Crippen LogP) is 1.70. The van der Waals surface area contributed by atoms with Crippen LogP contribution in [-0.4, -0.2) is 24.4 Å². The molecule has 6 nitrogen and oxygen atoms in total. The Morgan fingerprint density at radius 3 is 2.62 bits per heavy atom. The number of carbonyl (C=O) groups is 2. The zero-order valence-corrected chi connectivity index (χ0v) is 12.6. The maximum absolute atomic E-state index is 12.0. The first-order chi connectivity index (χ1) is 10.0. The van der Waals surface area contributed by atoms with Gasteiger partial charge in [-0.1, -0.05) is 18.9 Å². The Kier molecular flexibility index (Phi) is 4.85. The highest BCUT2D eigenvalue weighted by Crippen LogP contribution is 2.37. The molecule has 1 aromatic heterocycles. The Balaban J connectivity index is 2.28. The lowest BCUT2D eigenvalue weighted by Crippen LogP contribution is -2.23. The molecule has 0 radical (unpaired) electrons. The van der Waals surface area contributed by atoms with Crippen molar-refractivity contribution in [2.75, 3.05) is 17.6 Å². The summed E-state index contributed by atoms with van der Waals surface area (Å²) in [6.45, 7) is 3.88. The summed E-state index contributed by atoms with van der Waals surface area (Å²) in [5.41, 5.74) is 11.7. The minimum atomic E-state index is -0.619. The lowest BCUT2D eigenvalue weighted by molar-refractivity contribution is 0.0962. The van der Waals surface area contributed by atoms with Gasteiger partial charge in [0, 0.05) is 12.6 Å². The van der Waals surface area contributed by atoms with Crippen LogP contribution in [0.3, 0.4) is 0 Å². The van der Waals surface area contributed by atoms with Gasteiger partial charge in [0.25, 0.3) is 11.8 Å². The number of thiophene rings is 1. The van der Waals surface area contributed by atoms with Crippen molar-refractivity contribution in [2.45, 2.75) is 31.7 Å². The van der Waals surface area contributed by atoms with Crippen LogP contribution in [0.2, 0.25) is 0 Å². The molecule has 1 fully saturated rings. The third-order valence-electron chi connectivity index (χ3n) is 3.50. The SMILES string of the molecule is C=CCNC(=O)c1sc(NC2CCCC2)c(C(N)=O)c1N. The van der Waals surface area contributed by atoms with Crippen molar-refractivity contribution in [1.82, 2.24) is 5.32 Å². The van der Waals surface area contributed by atoms with E-state index in [0.29, 0.717) is 22.5 Å². The number of primary amides is 1. The zero-order valence-electron chi connectivity index (χ0n) is 11.8. The summed E-state index contributed by atoms with van der Waals surface area (Å²) in [5, 5.41) is 6.55. The molecule has 1 aliphatic carbocycles. The maximum atomic E-state index is 12.0. The Morgan fingerprint density at radius 2 is 2.05 bits per heavy atom. The van der Waals surface area contributed by atoms with E-state index in [1.807, 2.05) is 0 Å². The number of anilines is 2. The molecule has 0 unspecified atom stereocenters. The highest BCUT2D eigenvalue weighted by atomic mass is 32.1. The van der Waals surface area contributed by atoms with E-state index in [-0.39, 0.29) is 17.2 Å². The van der Waals surface area contributed by atoms with Crippen LogP contribution in [0, 0.1) is 0 Å². The van der Waals surface area contributed by atoms with E-state index in [1.54, 1.807) is 6.08 Å². The number of nitrogen functional groups attached to an aromatic ring is 1. The van der Waals surface area contributed by atoms with E-state index >= 15 is 0 Å². The molecule has 7 heteroatoms. The van der Waals surface area contributed by atoms with Crippen LogP contribution in [0.25, 0.3) is 0 Å². The monoisotopic (exact) mass is 308 g/mol. The van der Waals surface area contributed by atoms with E-state index in [9.17, 15) is 9.59 Å². The van der Waals surface area contributed by atoms with Crippen LogP contribution in [-0.2, 0) is 0 Å². The van der Waals surface area contributed by atoms with Gasteiger partial charge in [-0.25, -0.2) is 0 Å². The molecule has 2 rings (SSSR count). The zero-order chi connectivity index (χ0) is 15.4. The molecular weight excluding hydrogens is 288 g/mol. The lowest BCUT2D eigenvalue weighted by Gasteiger charge is -2.12. The number of hydrogen-bond acceptors (Lipinski definition) is 5. The van der Waals surface area contributed by atoms with E-state index in [2.05, 4.69) is 17.2 Å². The molecule has 114 valence electrons. The number of hydrogen-bond donors (Lipinski definition) is 4. The average molecular weight is 308 g/mol. The molecule has 1 saturated carbocycles. The van der Waals surface area contributed by atoms with Gasteiger partial charge >= 0.3 is 0 Å². The van der Waals surface area contributed by atoms with Gasteiger partial charge in [0.05, 0.1) is 11.3 Å². The first kappa shape index (κ1) is 15.4. The average Bonchev–Trinajstić information content (AvgIpc) is 3.04. The number of nitrogens with one attached hydrogen (secondary N) is 2. The largest absolute Gasteiger partial charge is 0.397 e.